The number of halogens is 1. The number of aryl methyl sites for hydroxylation is 1. The molecule has 3 aromatic rings. The van der Waals surface area contributed by atoms with Gasteiger partial charge in [-0.3, -0.25) is 9.78 Å². The zero-order valence-corrected chi connectivity index (χ0v) is 16.4. The van der Waals surface area contributed by atoms with Crippen molar-refractivity contribution < 1.29 is 14.3 Å². The molecule has 0 atom stereocenters. The Bertz CT molecular complexity index is 1110. The second-order valence-corrected chi connectivity index (χ2v) is 6.88. The summed E-state index contributed by atoms with van der Waals surface area (Å²) in [6, 6.07) is 3.65. The summed E-state index contributed by atoms with van der Waals surface area (Å²) >= 11 is 0. The number of phenolic OH excluding ortho intramolecular Hbond substituents is 1. The number of phenols is 1. The van der Waals surface area contributed by atoms with Crippen molar-refractivity contribution in [3.05, 3.63) is 53.2 Å². The molecule has 0 spiro atoms. The quantitative estimate of drug-likeness (QED) is 0.667. The first kappa shape index (κ1) is 19.4. The van der Waals surface area contributed by atoms with Gasteiger partial charge in [-0.1, -0.05) is 16.7 Å². The van der Waals surface area contributed by atoms with Crippen molar-refractivity contribution in [2.75, 3.05) is 23.3 Å². The highest BCUT2D eigenvalue weighted by atomic mass is 19.1. The molecule has 2 N–H and O–H groups in total. The zero-order chi connectivity index (χ0) is 21.3. The van der Waals surface area contributed by atoms with E-state index >= 15 is 0 Å². The molecule has 3 heterocycles. The highest BCUT2D eigenvalue weighted by Gasteiger charge is 2.22. The summed E-state index contributed by atoms with van der Waals surface area (Å²) in [5, 5.41) is 24.4. The number of hydrogen-bond acceptors (Lipinski definition) is 8. The second kappa shape index (κ2) is 7.85. The van der Waals surface area contributed by atoms with E-state index in [1.54, 1.807) is 13.2 Å². The average Bonchev–Trinajstić information content (AvgIpc) is 3.15. The molecule has 1 aliphatic rings. The van der Waals surface area contributed by atoms with E-state index in [1.165, 1.54) is 28.7 Å². The first-order valence-electron chi connectivity index (χ1n) is 9.21. The molecule has 30 heavy (non-hydrogen) atoms. The van der Waals surface area contributed by atoms with Crippen molar-refractivity contribution in [1.29, 1.82) is 0 Å². The molecule has 1 amide bonds. The molecule has 0 saturated heterocycles. The molecular formula is C19H19FN8O2. The van der Waals surface area contributed by atoms with Gasteiger partial charge in [0.05, 0.1) is 25.1 Å². The summed E-state index contributed by atoms with van der Waals surface area (Å²) in [6.45, 7) is 3.37. The topological polar surface area (TPSA) is 122 Å². The number of tetrazole rings is 1. The predicted octanol–water partition coefficient (Wildman–Crippen LogP) is 1.78. The van der Waals surface area contributed by atoms with Crippen LogP contribution in [0.1, 0.15) is 29.4 Å². The monoisotopic (exact) mass is 410 g/mol. The fourth-order valence-corrected chi connectivity index (χ4v) is 3.19. The number of carbonyl (C=O) groups is 1. The van der Waals surface area contributed by atoms with E-state index in [4.69, 9.17) is 0 Å². The Labute approximate surface area is 171 Å². The van der Waals surface area contributed by atoms with Crippen LogP contribution in [0.3, 0.4) is 0 Å². The summed E-state index contributed by atoms with van der Waals surface area (Å²) in [5.74, 6) is -1.38. The zero-order valence-electron chi connectivity index (χ0n) is 16.4. The summed E-state index contributed by atoms with van der Waals surface area (Å²) in [6.07, 6.45) is 3.76. The molecule has 1 aromatic carbocycles. The Hall–Kier alpha value is -3.89. The largest absolute Gasteiger partial charge is 0.507 e. The van der Waals surface area contributed by atoms with Gasteiger partial charge in [0.25, 0.3) is 11.9 Å². The van der Waals surface area contributed by atoms with Crippen LogP contribution in [-0.4, -0.2) is 54.3 Å². The van der Waals surface area contributed by atoms with Crippen LogP contribution in [0.5, 0.6) is 5.75 Å². The van der Waals surface area contributed by atoms with E-state index in [-0.39, 0.29) is 5.82 Å². The highest BCUT2D eigenvalue weighted by Crippen LogP contribution is 2.27. The molecule has 0 unspecified atom stereocenters. The molecule has 0 aliphatic carbocycles. The van der Waals surface area contributed by atoms with Gasteiger partial charge in [0.1, 0.15) is 17.1 Å². The number of nitrogens with zero attached hydrogens (tertiary/aromatic N) is 7. The molecule has 0 bridgehead atoms. The van der Waals surface area contributed by atoms with E-state index in [0.717, 1.165) is 24.6 Å². The third kappa shape index (κ3) is 3.81. The second-order valence-electron chi connectivity index (χ2n) is 6.88. The van der Waals surface area contributed by atoms with Gasteiger partial charge in [0, 0.05) is 13.1 Å². The fourth-order valence-electron chi connectivity index (χ4n) is 3.19. The Morgan fingerprint density at radius 1 is 1.27 bits per heavy atom. The minimum atomic E-state index is -0.822. The smallest absolute Gasteiger partial charge is 0.266 e. The van der Waals surface area contributed by atoms with Crippen LogP contribution in [0.15, 0.2) is 36.2 Å². The normalized spacial score (nSPS) is 14.2. The summed E-state index contributed by atoms with van der Waals surface area (Å²) < 4.78 is 13.8. The van der Waals surface area contributed by atoms with Gasteiger partial charge in [-0.25, -0.2) is 9.37 Å². The van der Waals surface area contributed by atoms with Crippen LogP contribution >= 0.6 is 0 Å². The van der Waals surface area contributed by atoms with Gasteiger partial charge in [0.2, 0.25) is 0 Å². The molecule has 2 aromatic heterocycles. The van der Waals surface area contributed by atoms with Crippen LogP contribution in [0, 0.1) is 5.82 Å². The lowest BCUT2D eigenvalue weighted by molar-refractivity contribution is 0.102. The summed E-state index contributed by atoms with van der Waals surface area (Å²) in [4.78, 5) is 24.3. The molecule has 10 nitrogen and oxygen atoms in total. The number of rotatable bonds is 4. The van der Waals surface area contributed by atoms with Crippen molar-refractivity contribution in [3.63, 3.8) is 0 Å². The van der Waals surface area contributed by atoms with Gasteiger partial charge < -0.3 is 15.3 Å². The standard InChI is InChI=1S/C19H19FN8O2/c1-11-6-7-28(19-24-26-27(2)25-19)10-12(11)14-8-22-16(9-21-14)23-18(30)17-13(20)4-3-5-15(17)29/h3-5,8-9,29H,6-7,10H2,1-2H3,(H,22,23,30). The molecule has 0 fully saturated rings. The minimum Gasteiger partial charge on any atom is -0.507 e. The molecule has 154 valence electrons. The van der Waals surface area contributed by atoms with E-state index in [9.17, 15) is 14.3 Å². The SMILES string of the molecule is CC1=C(c2cnc(NC(=O)c3c(O)cccc3F)cn2)CN(c2nnn(C)n2)CC1. The highest BCUT2D eigenvalue weighted by molar-refractivity contribution is 6.05. The first-order chi connectivity index (χ1) is 14.4. The molecular weight excluding hydrogens is 391 g/mol. The van der Waals surface area contributed by atoms with E-state index in [1.807, 2.05) is 11.8 Å². The Morgan fingerprint density at radius 3 is 2.77 bits per heavy atom. The summed E-state index contributed by atoms with van der Waals surface area (Å²) in [5.41, 5.74) is 2.39. The maximum atomic E-state index is 13.8. The maximum absolute atomic E-state index is 13.8. The average molecular weight is 410 g/mol. The lowest BCUT2D eigenvalue weighted by Gasteiger charge is -2.28. The van der Waals surface area contributed by atoms with Crippen LogP contribution in [0.4, 0.5) is 16.2 Å². The first-order valence-corrected chi connectivity index (χ1v) is 9.21. The molecule has 1 aliphatic heterocycles. The van der Waals surface area contributed by atoms with Crippen molar-refractivity contribution in [1.82, 2.24) is 30.2 Å². The van der Waals surface area contributed by atoms with E-state index < -0.39 is 23.0 Å². The van der Waals surface area contributed by atoms with Gasteiger partial charge in [0.15, 0.2) is 5.82 Å². The van der Waals surface area contributed by atoms with Gasteiger partial charge in [-0.15, -0.1) is 5.10 Å². The van der Waals surface area contributed by atoms with Crippen molar-refractivity contribution in [2.45, 2.75) is 13.3 Å². The van der Waals surface area contributed by atoms with E-state index in [2.05, 4.69) is 30.7 Å². The minimum absolute atomic E-state index is 0.146. The van der Waals surface area contributed by atoms with Crippen LogP contribution in [-0.2, 0) is 7.05 Å². The third-order valence-corrected chi connectivity index (χ3v) is 4.82. The van der Waals surface area contributed by atoms with E-state index in [0.29, 0.717) is 18.2 Å². The fraction of sp³-hybridized carbons (Fsp3) is 0.263. The van der Waals surface area contributed by atoms with Gasteiger partial charge >= 0.3 is 0 Å². The van der Waals surface area contributed by atoms with Gasteiger partial charge in [-0.05, 0) is 36.3 Å². The molecule has 4 rings (SSSR count). The number of aromatic nitrogens is 6. The van der Waals surface area contributed by atoms with Crippen molar-refractivity contribution in [2.24, 2.45) is 7.05 Å². The number of amides is 1. The maximum Gasteiger partial charge on any atom is 0.266 e. The lowest BCUT2D eigenvalue weighted by Crippen LogP contribution is -2.32. The van der Waals surface area contributed by atoms with Crippen LogP contribution < -0.4 is 10.2 Å². The van der Waals surface area contributed by atoms with Crippen molar-refractivity contribution >= 4 is 23.2 Å². The predicted molar refractivity (Wildman–Crippen MR) is 106 cm³/mol. The summed E-state index contributed by atoms with van der Waals surface area (Å²) in [7, 11) is 1.71. The Morgan fingerprint density at radius 2 is 2.10 bits per heavy atom. The molecule has 11 heteroatoms. The number of carbonyl (C=O) groups excluding carboxylic acids is 1. The van der Waals surface area contributed by atoms with Gasteiger partial charge in [-0.2, -0.15) is 4.80 Å². The van der Waals surface area contributed by atoms with Crippen LogP contribution in [0.25, 0.3) is 5.57 Å². The number of anilines is 2. The number of nitrogens with one attached hydrogen (secondary N) is 1. The third-order valence-electron chi connectivity index (χ3n) is 4.82. The number of aromatic hydroxyl groups is 1. The molecule has 0 saturated carbocycles. The number of benzene rings is 1. The van der Waals surface area contributed by atoms with Crippen LogP contribution in [0.2, 0.25) is 0 Å². The number of hydrogen-bond donors (Lipinski definition) is 2. The Balaban J connectivity index is 1.51. The molecule has 0 radical (unpaired) electrons. The van der Waals surface area contributed by atoms with Crippen molar-refractivity contribution in [3.8, 4) is 5.75 Å². The Kier molecular flexibility index (Phi) is 5.09. The lowest BCUT2D eigenvalue weighted by atomic mass is 9.99.